The van der Waals surface area contributed by atoms with Crippen LogP contribution < -0.4 is 11.1 Å². The third kappa shape index (κ3) is 7.36. The topological polar surface area (TPSA) is 84.7 Å². The summed E-state index contributed by atoms with van der Waals surface area (Å²) in [6, 6.07) is -0.427. The number of nitrogens with two attached hydrogens (primary N) is 1. The maximum atomic E-state index is 12.3. The van der Waals surface area contributed by atoms with Crippen LogP contribution in [0.5, 0.6) is 0 Å². The number of hydrogen-bond donors (Lipinski definition) is 2. The fourth-order valence-electron chi connectivity index (χ4n) is 2.74. The molecule has 0 spiro atoms. The lowest BCUT2D eigenvalue weighted by Crippen LogP contribution is -2.50. The number of hydrogen-bond acceptors (Lipinski definition) is 4. The molecule has 0 aromatic heterocycles. The van der Waals surface area contributed by atoms with E-state index in [2.05, 4.69) is 5.32 Å². The zero-order chi connectivity index (χ0) is 17.2. The van der Waals surface area contributed by atoms with E-state index in [4.69, 9.17) is 10.5 Å². The third-order valence-electron chi connectivity index (χ3n) is 4.69. The van der Waals surface area contributed by atoms with Gasteiger partial charge in [-0.2, -0.15) is 0 Å². The highest BCUT2D eigenvalue weighted by atomic mass is 35.5. The number of nitrogens with one attached hydrogen (secondary N) is 1. The molecule has 1 saturated heterocycles. The minimum absolute atomic E-state index is 0. The summed E-state index contributed by atoms with van der Waals surface area (Å²) in [5.74, 6) is 0.314. The second-order valence-electron chi connectivity index (χ2n) is 6.35. The highest BCUT2D eigenvalue weighted by Gasteiger charge is 2.30. The fraction of sp³-hybridized carbons (Fsp3) is 0.882. The molecule has 2 amide bonds. The molecule has 142 valence electrons. The van der Waals surface area contributed by atoms with Gasteiger partial charge >= 0.3 is 0 Å². The van der Waals surface area contributed by atoms with Gasteiger partial charge in [-0.05, 0) is 32.1 Å². The predicted molar refractivity (Wildman–Crippen MR) is 98.1 cm³/mol. The molecule has 1 rings (SSSR count). The van der Waals surface area contributed by atoms with Crippen molar-refractivity contribution in [3.8, 4) is 0 Å². The molecule has 1 fully saturated rings. The average Bonchev–Trinajstić information content (AvgIpc) is 2.59. The van der Waals surface area contributed by atoms with E-state index >= 15 is 0 Å². The van der Waals surface area contributed by atoms with Crippen molar-refractivity contribution >= 4 is 24.2 Å². The molecule has 0 aromatic carbocycles. The molecule has 0 aliphatic carbocycles. The maximum absolute atomic E-state index is 12.3. The van der Waals surface area contributed by atoms with E-state index in [1.54, 1.807) is 0 Å². The molecule has 0 saturated carbocycles. The summed E-state index contributed by atoms with van der Waals surface area (Å²) < 4.78 is 5.24. The van der Waals surface area contributed by atoms with Crippen LogP contribution in [-0.4, -0.2) is 55.6 Å². The van der Waals surface area contributed by atoms with Gasteiger partial charge in [-0.15, -0.1) is 12.4 Å². The first-order chi connectivity index (χ1) is 11.0. The number of nitrogens with zero attached hydrogens (tertiary/aromatic N) is 1. The number of amides is 2. The summed E-state index contributed by atoms with van der Waals surface area (Å²) in [5, 5.41) is 2.96. The third-order valence-corrected chi connectivity index (χ3v) is 4.69. The summed E-state index contributed by atoms with van der Waals surface area (Å²) in [5.41, 5.74) is 6.02. The first kappa shape index (κ1) is 23.1. The highest BCUT2D eigenvalue weighted by Crippen LogP contribution is 2.19. The van der Waals surface area contributed by atoms with Gasteiger partial charge in [0, 0.05) is 38.8 Å². The van der Waals surface area contributed by atoms with Gasteiger partial charge in [0.05, 0.1) is 6.04 Å². The molecule has 24 heavy (non-hydrogen) atoms. The van der Waals surface area contributed by atoms with Crippen LogP contribution in [0.2, 0.25) is 0 Å². The van der Waals surface area contributed by atoms with Crippen LogP contribution >= 0.6 is 12.4 Å². The normalized spacial score (nSPS) is 17.8. The van der Waals surface area contributed by atoms with Gasteiger partial charge in [0.25, 0.3) is 0 Å². The second kappa shape index (κ2) is 12.5. The van der Waals surface area contributed by atoms with Crippen molar-refractivity contribution in [2.75, 3.05) is 32.8 Å². The molecule has 1 heterocycles. The minimum atomic E-state index is -0.427. The molecule has 1 aliphatic rings. The van der Waals surface area contributed by atoms with Gasteiger partial charge in [-0.3, -0.25) is 9.59 Å². The Morgan fingerprint density at radius 2 is 1.92 bits per heavy atom. The zero-order valence-electron chi connectivity index (χ0n) is 15.3. The Morgan fingerprint density at radius 3 is 2.46 bits per heavy atom. The van der Waals surface area contributed by atoms with Gasteiger partial charge in [0.1, 0.15) is 0 Å². The molecule has 6 nitrogen and oxygen atoms in total. The van der Waals surface area contributed by atoms with Gasteiger partial charge in [-0.25, -0.2) is 0 Å². The monoisotopic (exact) mass is 363 g/mol. The molecule has 0 aromatic rings. The zero-order valence-corrected chi connectivity index (χ0v) is 16.1. The number of rotatable bonds is 9. The van der Waals surface area contributed by atoms with Crippen molar-refractivity contribution in [1.82, 2.24) is 10.2 Å². The van der Waals surface area contributed by atoms with Crippen LogP contribution in [0.1, 0.15) is 46.5 Å². The molecule has 0 radical (unpaired) electrons. The van der Waals surface area contributed by atoms with Crippen LogP contribution in [0.15, 0.2) is 0 Å². The lowest BCUT2D eigenvalue weighted by atomic mass is 9.93. The van der Waals surface area contributed by atoms with Gasteiger partial charge in [-0.1, -0.05) is 20.3 Å². The average molecular weight is 364 g/mol. The quantitative estimate of drug-likeness (QED) is 0.609. The molecular formula is C17H34ClN3O3. The van der Waals surface area contributed by atoms with Gasteiger partial charge < -0.3 is 20.7 Å². The van der Waals surface area contributed by atoms with Gasteiger partial charge in [0.2, 0.25) is 11.8 Å². The Kier molecular flexibility index (Phi) is 12.1. The SMILES string of the molecule is CCOCCCNC(=O)C1CCN(C(=O)C(N)C(C)CC)CC1.Cl. The highest BCUT2D eigenvalue weighted by molar-refractivity contribution is 5.85. The summed E-state index contributed by atoms with van der Waals surface area (Å²) in [6.07, 6.45) is 3.17. The van der Waals surface area contributed by atoms with Crippen molar-refractivity contribution in [2.24, 2.45) is 17.6 Å². The molecule has 3 N–H and O–H groups in total. The van der Waals surface area contributed by atoms with E-state index < -0.39 is 6.04 Å². The smallest absolute Gasteiger partial charge is 0.239 e. The molecule has 7 heteroatoms. The van der Waals surface area contributed by atoms with Crippen LogP contribution in [0.3, 0.4) is 0 Å². The standard InChI is InChI=1S/C17H33N3O3.ClH/c1-4-13(3)15(18)17(22)20-10-7-14(8-11-20)16(21)19-9-6-12-23-5-2;/h13-15H,4-12,18H2,1-3H3,(H,19,21);1H. The molecule has 2 unspecified atom stereocenters. The van der Waals surface area contributed by atoms with Crippen molar-refractivity contribution in [3.63, 3.8) is 0 Å². The predicted octanol–water partition coefficient (Wildman–Crippen LogP) is 1.56. The number of likely N-dealkylation sites (tertiary alicyclic amines) is 1. The Labute approximate surface area is 152 Å². The number of ether oxygens (including phenoxy) is 1. The molecule has 0 bridgehead atoms. The Hall–Kier alpha value is -0.850. The van der Waals surface area contributed by atoms with E-state index in [1.807, 2.05) is 25.7 Å². The van der Waals surface area contributed by atoms with Crippen molar-refractivity contribution < 1.29 is 14.3 Å². The Balaban J connectivity index is 0.00000529. The fourth-order valence-corrected chi connectivity index (χ4v) is 2.74. The van der Waals surface area contributed by atoms with Crippen molar-refractivity contribution in [2.45, 2.75) is 52.5 Å². The maximum Gasteiger partial charge on any atom is 0.239 e. The first-order valence-electron chi connectivity index (χ1n) is 8.91. The van der Waals surface area contributed by atoms with E-state index in [1.165, 1.54) is 0 Å². The molecule has 1 aliphatic heterocycles. The van der Waals surface area contributed by atoms with Crippen LogP contribution in [0.4, 0.5) is 0 Å². The van der Waals surface area contributed by atoms with Crippen LogP contribution in [-0.2, 0) is 14.3 Å². The number of halogens is 1. The minimum Gasteiger partial charge on any atom is -0.382 e. The lowest BCUT2D eigenvalue weighted by molar-refractivity contribution is -0.137. The second-order valence-corrected chi connectivity index (χ2v) is 6.35. The van der Waals surface area contributed by atoms with E-state index in [0.717, 1.165) is 25.7 Å². The Morgan fingerprint density at radius 1 is 1.29 bits per heavy atom. The van der Waals surface area contributed by atoms with Crippen LogP contribution in [0.25, 0.3) is 0 Å². The summed E-state index contributed by atoms with van der Waals surface area (Å²) >= 11 is 0. The lowest BCUT2D eigenvalue weighted by Gasteiger charge is -2.34. The Bertz CT molecular complexity index is 374. The van der Waals surface area contributed by atoms with Crippen LogP contribution in [0, 0.1) is 11.8 Å². The summed E-state index contributed by atoms with van der Waals surface area (Å²) in [6.45, 7) is 9.29. The van der Waals surface area contributed by atoms with E-state index in [-0.39, 0.29) is 36.1 Å². The number of carbonyl (C=O) groups is 2. The molecular weight excluding hydrogens is 330 g/mol. The van der Waals surface area contributed by atoms with E-state index in [0.29, 0.717) is 32.8 Å². The first-order valence-corrected chi connectivity index (χ1v) is 8.91. The number of piperidine rings is 1. The van der Waals surface area contributed by atoms with Crippen molar-refractivity contribution in [3.05, 3.63) is 0 Å². The largest absolute Gasteiger partial charge is 0.382 e. The van der Waals surface area contributed by atoms with E-state index in [9.17, 15) is 9.59 Å². The summed E-state index contributed by atoms with van der Waals surface area (Å²) in [4.78, 5) is 26.3. The van der Waals surface area contributed by atoms with Crippen molar-refractivity contribution in [1.29, 1.82) is 0 Å². The van der Waals surface area contributed by atoms with Gasteiger partial charge in [0.15, 0.2) is 0 Å². The summed E-state index contributed by atoms with van der Waals surface area (Å²) in [7, 11) is 0. The number of carbonyl (C=O) groups excluding carboxylic acids is 2. The molecule has 2 atom stereocenters.